The lowest BCUT2D eigenvalue weighted by atomic mass is 10.1. The predicted molar refractivity (Wildman–Crippen MR) is 135 cm³/mol. The van der Waals surface area contributed by atoms with Crippen molar-refractivity contribution in [2.45, 2.75) is 30.7 Å². The number of carboxylic acid groups (broad SMARTS) is 2. The molecule has 2 aromatic carbocycles. The van der Waals surface area contributed by atoms with Crippen LogP contribution in [0.3, 0.4) is 0 Å². The minimum absolute atomic E-state index is 0.0309. The summed E-state index contributed by atoms with van der Waals surface area (Å²) in [4.78, 5) is 50.8. The van der Waals surface area contributed by atoms with Crippen LogP contribution in [-0.2, 0) is 26.0 Å². The number of aromatic nitrogens is 1. The monoisotopic (exact) mass is 543 g/mol. The molecule has 0 radical (unpaired) electrons. The van der Waals surface area contributed by atoms with E-state index >= 15 is 0 Å². The summed E-state index contributed by atoms with van der Waals surface area (Å²) in [6.45, 7) is 1.29. The van der Waals surface area contributed by atoms with E-state index in [1.54, 1.807) is 12.3 Å². The molecule has 0 unspecified atom stereocenters. The number of sulfonamides is 1. The summed E-state index contributed by atoms with van der Waals surface area (Å²) in [6, 6.07) is 10.9. The number of nitrogens with one attached hydrogen (secondary N) is 1. The second kappa shape index (κ2) is 12.3. The number of fused-ring (bicyclic) bond motifs is 1. The molecule has 13 heteroatoms. The van der Waals surface area contributed by atoms with Crippen LogP contribution in [-0.4, -0.2) is 72.0 Å². The van der Waals surface area contributed by atoms with Crippen LogP contribution < -0.4 is 9.46 Å². The van der Waals surface area contributed by atoms with Gasteiger partial charge in [0, 0.05) is 30.1 Å². The van der Waals surface area contributed by atoms with Gasteiger partial charge in [-0.05, 0) is 42.8 Å². The third-order valence-corrected chi connectivity index (χ3v) is 7.03. The van der Waals surface area contributed by atoms with Crippen molar-refractivity contribution in [1.29, 1.82) is 0 Å². The minimum atomic E-state index is -4.48. The molecule has 0 aliphatic heterocycles. The van der Waals surface area contributed by atoms with Crippen LogP contribution in [0.25, 0.3) is 10.9 Å². The summed E-state index contributed by atoms with van der Waals surface area (Å²) in [5.74, 6) is -2.55. The van der Waals surface area contributed by atoms with Gasteiger partial charge in [0.15, 0.2) is 0 Å². The number of hydrogen-bond acceptors (Lipinski definition) is 8. The number of rotatable bonds is 12. The van der Waals surface area contributed by atoms with Gasteiger partial charge in [-0.25, -0.2) is 22.8 Å². The molecule has 12 nitrogen and oxygen atoms in total. The van der Waals surface area contributed by atoms with Gasteiger partial charge < -0.3 is 19.7 Å². The Labute approximate surface area is 217 Å². The molecule has 0 fully saturated rings. The summed E-state index contributed by atoms with van der Waals surface area (Å²) in [6.07, 6.45) is -0.117. The summed E-state index contributed by atoms with van der Waals surface area (Å²) in [5.41, 5.74) is 1.49. The van der Waals surface area contributed by atoms with Gasteiger partial charge in [0.25, 0.3) is 5.91 Å². The number of carbonyl (C=O) groups is 4. The fraction of sp³-hybridized carbons (Fsp3) is 0.240. The molecule has 2 amide bonds. The maximum atomic E-state index is 13.1. The third-order valence-electron chi connectivity index (χ3n) is 5.50. The predicted octanol–water partition coefficient (Wildman–Crippen LogP) is 2.32. The normalized spacial score (nSPS) is 12.0. The zero-order valence-electron chi connectivity index (χ0n) is 20.2. The fourth-order valence-electron chi connectivity index (χ4n) is 3.72. The molecular formula is C25H25N3O9S. The number of ether oxygens (including phenoxy) is 1. The number of aldehydes is 1. The van der Waals surface area contributed by atoms with Crippen molar-refractivity contribution in [2.75, 3.05) is 13.2 Å². The van der Waals surface area contributed by atoms with Crippen molar-refractivity contribution in [1.82, 2.24) is 14.6 Å². The van der Waals surface area contributed by atoms with Crippen molar-refractivity contribution < 1.29 is 42.5 Å². The summed E-state index contributed by atoms with van der Waals surface area (Å²) >= 11 is 0. The molecule has 3 rings (SSSR count). The van der Waals surface area contributed by atoms with E-state index in [1.807, 2.05) is 29.0 Å². The highest BCUT2D eigenvalue weighted by atomic mass is 32.2. The molecule has 1 aromatic heterocycles. The van der Waals surface area contributed by atoms with Crippen molar-refractivity contribution in [3.8, 4) is 5.75 Å². The Bertz CT molecular complexity index is 1470. The zero-order chi connectivity index (χ0) is 27.9. The van der Waals surface area contributed by atoms with Crippen molar-refractivity contribution in [3.05, 3.63) is 65.9 Å². The van der Waals surface area contributed by atoms with Crippen LogP contribution in [0.15, 0.2) is 59.6 Å². The molecule has 0 aliphatic rings. The summed E-state index contributed by atoms with van der Waals surface area (Å²) in [7, 11) is -4.48. The first kappa shape index (κ1) is 28.2. The number of pyridine rings is 1. The van der Waals surface area contributed by atoms with Gasteiger partial charge in [-0.15, -0.1) is 0 Å². The molecule has 38 heavy (non-hydrogen) atoms. The van der Waals surface area contributed by atoms with E-state index in [0.29, 0.717) is 11.3 Å². The summed E-state index contributed by atoms with van der Waals surface area (Å²) < 4.78 is 33.9. The largest absolute Gasteiger partial charge is 0.492 e. The maximum absolute atomic E-state index is 13.1. The van der Waals surface area contributed by atoms with Crippen LogP contribution in [0.4, 0.5) is 4.79 Å². The Kier molecular flexibility index (Phi) is 9.10. The number of aliphatic carboxylic acids is 1. The van der Waals surface area contributed by atoms with E-state index in [1.165, 1.54) is 6.92 Å². The average molecular weight is 544 g/mol. The lowest BCUT2D eigenvalue weighted by Crippen LogP contribution is -2.38. The number of carbonyl (C=O) groups excluding carboxylic acids is 2. The van der Waals surface area contributed by atoms with Gasteiger partial charge in [0.1, 0.15) is 16.9 Å². The van der Waals surface area contributed by atoms with Gasteiger partial charge in [-0.1, -0.05) is 18.2 Å². The van der Waals surface area contributed by atoms with Crippen molar-refractivity contribution >= 4 is 45.2 Å². The molecular weight excluding hydrogens is 518 g/mol. The van der Waals surface area contributed by atoms with Gasteiger partial charge in [-0.2, -0.15) is 0 Å². The Morgan fingerprint density at radius 1 is 1.13 bits per heavy atom. The van der Waals surface area contributed by atoms with E-state index in [4.69, 9.17) is 9.84 Å². The SMILES string of the molecule is CCN(C(=O)O)C(=O)c1ccc(S(=O)(=O)N[C@H](C=O)CC(=O)O)c(OCCc2cccc3ncccc23)c1. The van der Waals surface area contributed by atoms with Crippen molar-refractivity contribution in [3.63, 3.8) is 0 Å². The van der Waals surface area contributed by atoms with Crippen molar-refractivity contribution in [2.24, 2.45) is 0 Å². The first-order chi connectivity index (χ1) is 18.1. The number of imide groups is 1. The van der Waals surface area contributed by atoms with Crippen LogP contribution in [0.1, 0.15) is 29.3 Å². The topological polar surface area (TPSA) is 180 Å². The number of benzene rings is 2. The molecule has 0 bridgehead atoms. The van der Waals surface area contributed by atoms with E-state index in [-0.39, 0.29) is 30.8 Å². The maximum Gasteiger partial charge on any atom is 0.414 e. The van der Waals surface area contributed by atoms with Gasteiger partial charge in [-0.3, -0.25) is 14.6 Å². The quantitative estimate of drug-likeness (QED) is 0.287. The van der Waals surface area contributed by atoms with E-state index < -0.39 is 45.4 Å². The highest BCUT2D eigenvalue weighted by molar-refractivity contribution is 7.89. The van der Waals surface area contributed by atoms with Gasteiger partial charge in [0.05, 0.1) is 24.6 Å². The molecule has 3 N–H and O–H groups in total. The zero-order valence-corrected chi connectivity index (χ0v) is 21.1. The number of hydrogen-bond donors (Lipinski definition) is 3. The van der Waals surface area contributed by atoms with Gasteiger partial charge >= 0.3 is 12.1 Å². The third kappa shape index (κ3) is 6.69. The second-order valence-electron chi connectivity index (χ2n) is 8.04. The molecule has 1 heterocycles. The average Bonchev–Trinajstić information content (AvgIpc) is 2.88. The number of amides is 2. The molecule has 200 valence electrons. The first-order valence-corrected chi connectivity index (χ1v) is 12.9. The minimum Gasteiger partial charge on any atom is -0.492 e. The lowest BCUT2D eigenvalue weighted by molar-refractivity contribution is -0.138. The Morgan fingerprint density at radius 3 is 2.55 bits per heavy atom. The van der Waals surface area contributed by atoms with Gasteiger partial charge in [0.2, 0.25) is 10.0 Å². The fourth-order valence-corrected chi connectivity index (χ4v) is 5.02. The number of nitrogens with zero attached hydrogens (tertiary/aromatic N) is 2. The first-order valence-electron chi connectivity index (χ1n) is 11.4. The van der Waals surface area contributed by atoms with Crippen LogP contribution in [0.5, 0.6) is 5.75 Å². The van der Waals surface area contributed by atoms with Crippen LogP contribution >= 0.6 is 0 Å². The molecule has 0 saturated heterocycles. The smallest absolute Gasteiger partial charge is 0.414 e. The number of carboxylic acids is 1. The van der Waals surface area contributed by atoms with E-state index in [9.17, 15) is 32.7 Å². The molecule has 0 aliphatic carbocycles. The van der Waals surface area contributed by atoms with Crippen LogP contribution in [0, 0.1) is 0 Å². The molecule has 0 saturated carbocycles. The Morgan fingerprint density at radius 2 is 1.89 bits per heavy atom. The molecule has 1 atom stereocenters. The lowest BCUT2D eigenvalue weighted by Gasteiger charge is -2.18. The molecule has 3 aromatic rings. The van der Waals surface area contributed by atoms with E-state index in [0.717, 1.165) is 34.7 Å². The standard InChI is InChI=1S/C25H25N3O9S/c1-2-28(25(33)34)24(32)17-8-9-22(38(35,36)27-18(15-29)14-23(30)31)21(13-17)37-12-10-16-5-3-7-20-19(16)6-4-11-26-20/h3-9,11,13,15,18,27H,2,10,12,14H2,1H3,(H,30,31)(H,33,34)/t18-/m0/s1. The highest BCUT2D eigenvalue weighted by Gasteiger charge is 2.28. The van der Waals surface area contributed by atoms with E-state index in [2.05, 4.69) is 4.98 Å². The Hall–Kier alpha value is -4.36. The summed E-state index contributed by atoms with van der Waals surface area (Å²) in [5, 5.41) is 19.1. The Balaban J connectivity index is 1.95. The highest BCUT2D eigenvalue weighted by Crippen LogP contribution is 2.27. The van der Waals surface area contributed by atoms with Crippen LogP contribution in [0.2, 0.25) is 0 Å². The molecule has 0 spiro atoms. The second-order valence-corrected chi connectivity index (χ2v) is 9.72.